The predicted molar refractivity (Wildman–Crippen MR) is 78.8 cm³/mol. The van der Waals surface area contributed by atoms with Crippen LogP contribution >= 0.6 is 0 Å². The van der Waals surface area contributed by atoms with Gasteiger partial charge in [0.25, 0.3) is 0 Å². The minimum absolute atomic E-state index is 0.372. The summed E-state index contributed by atoms with van der Waals surface area (Å²) in [6, 6.07) is 11.7. The minimum atomic E-state index is 0.372. The second kappa shape index (κ2) is 5.88. The molecule has 18 heavy (non-hydrogen) atoms. The summed E-state index contributed by atoms with van der Waals surface area (Å²) >= 11 is 0. The molecule has 0 unspecified atom stereocenters. The monoisotopic (exact) mass is 245 g/mol. The van der Waals surface area contributed by atoms with Gasteiger partial charge in [0, 0.05) is 11.6 Å². The summed E-state index contributed by atoms with van der Waals surface area (Å²) in [7, 11) is 0. The van der Waals surface area contributed by atoms with Crippen LogP contribution in [0.1, 0.15) is 52.0 Å². The Kier molecular flexibility index (Phi) is 4.45. The van der Waals surface area contributed by atoms with Crippen molar-refractivity contribution in [1.82, 2.24) is 5.32 Å². The molecule has 100 valence electrons. The maximum Gasteiger partial charge on any atom is 0.0210 e. The van der Waals surface area contributed by atoms with Crippen LogP contribution in [-0.2, 0) is 6.42 Å². The van der Waals surface area contributed by atoms with Crippen LogP contribution in [0.25, 0.3) is 0 Å². The molecule has 0 saturated carbocycles. The second-order valence-electron chi connectivity index (χ2n) is 5.74. The minimum Gasteiger partial charge on any atom is -0.308 e. The van der Waals surface area contributed by atoms with Crippen molar-refractivity contribution in [3.05, 3.63) is 35.9 Å². The molecule has 1 aromatic carbocycles. The SMILES string of the molecule is CC[C@H]1C[C@H](Cc2ccccc2)C(CC)(CC)N1. The van der Waals surface area contributed by atoms with Gasteiger partial charge in [-0.1, -0.05) is 51.1 Å². The van der Waals surface area contributed by atoms with Gasteiger partial charge in [-0.25, -0.2) is 0 Å². The third-order valence-corrected chi connectivity index (χ3v) is 4.92. The van der Waals surface area contributed by atoms with Gasteiger partial charge in [0.05, 0.1) is 0 Å². The van der Waals surface area contributed by atoms with Crippen molar-refractivity contribution in [2.45, 2.75) is 64.5 Å². The molecule has 1 heterocycles. The third kappa shape index (κ3) is 2.61. The fraction of sp³-hybridized carbons (Fsp3) is 0.647. The first kappa shape index (κ1) is 13.6. The Hall–Kier alpha value is -0.820. The summed E-state index contributed by atoms with van der Waals surface area (Å²) in [5.41, 5.74) is 1.86. The summed E-state index contributed by atoms with van der Waals surface area (Å²) in [6.07, 6.45) is 6.32. The smallest absolute Gasteiger partial charge is 0.0210 e. The van der Waals surface area contributed by atoms with E-state index in [1.807, 2.05) is 0 Å². The maximum atomic E-state index is 3.92. The van der Waals surface area contributed by atoms with E-state index < -0.39 is 0 Å². The fourth-order valence-corrected chi connectivity index (χ4v) is 3.63. The van der Waals surface area contributed by atoms with Gasteiger partial charge >= 0.3 is 0 Å². The number of hydrogen-bond donors (Lipinski definition) is 1. The van der Waals surface area contributed by atoms with Crippen LogP contribution in [0.15, 0.2) is 30.3 Å². The van der Waals surface area contributed by atoms with Gasteiger partial charge in [0.2, 0.25) is 0 Å². The zero-order valence-electron chi connectivity index (χ0n) is 12.1. The van der Waals surface area contributed by atoms with Gasteiger partial charge < -0.3 is 5.32 Å². The molecule has 0 aliphatic carbocycles. The summed E-state index contributed by atoms with van der Waals surface area (Å²) in [4.78, 5) is 0. The average Bonchev–Trinajstić information content (AvgIpc) is 2.78. The highest BCUT2D eigenvalue weighted by atomic mass is 15.1. The first-order valence-electron chi connectivity index (χ1n) is 7.55. The molecule has 1 saturated heterocycles. The van der Waals surface area contributed by atoms with Crippen LogP contribution in [0.3, 0.4) is 0 Å². The van der Waals surface area contributed by atoms with Gasteiger partial charge in [-0.05, 0) is 43.6 Å². The van der Waals surface area contributed by atoms with Crippen molar-refractivity contribution in [2.24, 2.45) is 5.92 Å². The molecular weight excluding hydrogens is 218 g/mol. The van der Waals surface area contributed by atoms with Crippen LogP contribution in [0.4, 0.5) is 0 Å². The topological polar surface area (TPSA) is 12.0 Å². The van der Waals surface area contributed by atoms with Gasteiger partial charge in [-0.15, -0.1) is 0 Å². The maximum absolute atomic E-state index is 3.92. The van der Waals surface area contributed by atoms with E-state index in [1.165, 1.54) is 37.7 Å². The lowest BCUT2D eigenvalue weighted by Crippen LogP contribution is -2.46. The van der Waals surface area contributed by atoms with Crippen molar-refractivity contribution in [3.63, 3.8) is 0 Å². The third-order valence-electron chi connectivity index (χ3n) is 4.92. The first-order chi connectivity index (χ1) is 8.74. The van der Waals surface area contributed by atoms with Crippen LogP contribution < -0.4 is 5.32 Å². The van der Waals surface area contributed by atoms with Crippen LogP contribution in [0, 0.1) is 5.92 Å². The molecule has 1 nitrogen and oxygen atoms in total. The van der Waals surface area contributed by atoms with Gasteiger partial charge in [-0.2, -0.15) is 0 Å². The largest absolute Gasteiger partial charge is 0.308 e. The molecule has 0 spiro atoms. The fourth-order valence-electron chi connectivity index (χ4n) is 3.63. The number of hydrogen-bond acceptors (Lipinski definition) is 1. The predicted octanol–water partition coefficient (Wildman–Crippen LogP) is 4.18. The number of benzene rings is 1. The van der Waals surface area contributed by atoms with Crippen LogP contribution in [0.5, 0.6) is 0 Å². The van der Waals surface area contributed by atoms with Crippen molar-refractivity contribution in [3.8, 4) is 0 Å². The standard InChI is InChI=1S/C17H27N/c1-4-16-13-15(17(5-2,6-3)18-16)12-14-10-8-7-9-11-14/h7-11,15-16,18H,4-6,12-13H2,1-3H3/t15-,16-/m0/s1. The van der Waals surface area contributed by atoms with E-state index in [-0.39, 0.29) is 0 Å². The highest BCUT2D eigenvalue weighted by molar-refractivity contribution is 5.17. The molecule has 0 amide bonds. The van der Waals surface area contributed by atoms with Crippen LogP contribution in [-0.4, -0.2) is 11.6 Å². The normalized spacial score (nSPS) is 26.4. The highest BCUT2D eigenvalue weighted by Crippen LogP contribution is 2.38. The Bertz CT molecular complexity index is 353. The molecule has 0 radical (unpaired) electrons. The number of nitrogens with one attached hydrogen (secondary N) is 1. The molecule has 1 aliphatic heterocycles. The Balaban J connectivity index is 2.14. The molecule has 2 atom stereocenters. The zero-order chi connectivity index (χ0) is 13.0. The van der Waals surface area contributed by atoms with Crippen molar-refractivity contribution in [1.29, 1.82) is 0 Å². The highest BCUT2D eigenvalue weighted by Gasteiger charge is 2.43. The first-order valence-corrected chi connectivity index (χ1v) is 7.55. The molecular formula is C17H27N. The Morgan fingerprint density at radius 3 is 2.33 bits per heavy atom. The second-order valence-corrected chi connectivity index (χ2v) is 5.74. The molecule has 1 heteroatoms. The quantitative estimate of drug-likeness (QED) is 0.820. The Morgan fingerprint density at radius 2 is 1.78 bits per heavy atom. The van der Waals surface area contributed by atoms with Crippen molar-refractivity contribution < 1.29 is 0 Å². The lowest BCUT2D eigenvalue weighted by Gasteiger charge is -2.34. The molecule has 1 N–H and O–H groups in total. The van der Waals surface area contributed by atoms with E-state index in [2.05, 4.69) is 56.4 Å². The van der Waals surface area contributed by atoms with Gasteiger partial charge in [0.15, 0.2) is 0 Å². The van der Waals surface area contributed by atoms with Gasteiger partial charge in [-0.3, -0.25) is 0 Å². The van der Waals surface area contributed by atoms with Crippen molar-refractivity contribution in [2.75, 3.05) is 0 Å². The lowest BCUT2D eigenvalue weighted by molar-refractivity contribution is 0.251. The Labute approximate surface area is 112 Å². The summed E-state index contributed by atoms with van der Waals surface area (Å²) in [6.45, 7) is 6.98. The average molecular weight is 245 g/mol. The van der Waals surface area contributed by atoms with E-state index in [0.29, 0.717) is 5.54 Å². The van der Waals surface area contributed by atoms with Gasteiger partial charge in [0.1, 0.15) is 0 Å². The molecule has 1 aromatic rings. The van der Waals surface area contributed by atoms with E-state index in [9.17, 15) is 0 Å². The summed E-state index contributed by atoms with van der Waals surface area (Å²) in [5.74, 6) is 0.792. The molecule has 1 fully saturated rings. The molecule has 0 bridgehead atoms. The lowest BCUT2D eigenvalue weighted by atomic mass is 9.77. The van der Waals surface area contributed by atoms with E-state index in [1.54, 1.807) is 0 Å². The van der Waals surface area contributed by atoms with Crippen molar-refractivity contribution >= 4 is 0 Å². The summed E-state index contributed by atoms with van der Waals surface area (Å²) < 4.78 is 0. The molecule has 2 rings (SSSR count). The Morgan fingerprint density at radius 1 is 1.11 bits per heavy atom. The van der Waals surface area contributed by atoms with E-state index >= 15 is 0 Å². The number of rotatable bonds is 5. The molecule has 1 aliphatic rings. The van der Waals surface area contributed by atoms with E-state index in [4.69, 9.17) is 0 Å². The van der Waals surface area contributed by atoms with E-state index in [0.717, 1.165) is 12.0 Å². The molecule has 0 aromatic heterocycles. The zero-order valence-corrected chi connectivity index (χ0v) is 12.1. The summed E-state index contributed by atoms with van der Waals surface area (Å²) in [5, 5.41) is 3.92. The van der Waals surface area contributed by atoms with Crippen LogP contribution in [0.2, 0.25) is 0 Å².